The van der Waals surface area contributed by atoms with Crippen molar-refractivity contribution < 1.29 is 4.39 Å². The normalized spacial score (nSPS) is 27.2. The van der Waals surface area contributed by atoms with Crippen LogP contribution in [0, 0.1) is 5.82 Å². The standard InChI is InChI=1S/C9H9BrFN/c10-5-1-2-6(8(11)3-5)7-4-9(7)12/h1-3,7,9H,4,12H2/t7-,9+/m0/s1. The van der Waals surface area contributed by atoms with Crippen molar-refractivity contribution in [2.75, 3.05) is 0 Å². The van der Waals surface area contributed by atoms with E-state index in [0.29, 0.717) is 0 Å². The minimum atomic E-state index is -0.151. The van der Waals surface area contributed by atoms with E-state index >= 15 is 0 Å². The molecule has 0 bridgehead atoms. The first-order chi connectivity index (χ1) is 5.68. The van der Waals surface area contributed by atoms with Crippen LogP contribution in [0.4, 0.5) is 4.39 Å². The smallest absolute Gasteiger partial charge is 0.127 e. The second-order valence-corrected chi connectivity index (χ2v) is 4.09. The Morgan fingerprint density at radius 1 is 1.50 bits per heavy atom. The molecule has 2 rings (SSSR count). The Hall–Kier alpha value is -0.410. The summed E-state index contributed by atoms with van der Waals surface area (Å²) in [7, 11) is 0. The lowest BCUT2D eigenvalue weighted by molar-refractivity contribution is 0.608. The van der Waals surface area contributed by atoms with Gasteiger partial charge in [-0.3, -0.25) is 0 Å². The van der Waals surface area contributed by atoms with Crippen LogP contribution in [-0.4, -0.2) is 6.04 Å². The molecule has 0 aromatic heterocycles. The molecular formula is C9H9BrFN. The lowest BCUT2D eigenvalue weighted by Gasteiger charge is -2.00. The van der Waals surface area contributed by atoms with Gasteiger partial charge in [-0.15, -0.1) is 0 Å². The van der Waals surface area contributed by atoms with E-state index in [9.17, 15) is 4.39 Å². The molecule has 0 aliphatic heterocycles. The van der Waals surface area contributed by atoms with Crippen molar-refractivity contribution in [2.45, 2.75) is 18.4 Å². The van der Waals surface area contributed by atoms with E-state index in [1.165, 1.54) is 6.07 Å². The van der Waals surface area contributed by atoms with E-state index in [1.54, 1.807) is 6.07 Å². The third-order valence-corrected chi connectivity index (χ3v) is 2.70. The molecule has 2 N–H and O–H groups in total. The summed E-state index contributed by atoms with van der Waals surface area (Å²) in [6.07, 6.45) is 0.915. The van der Waals surface area contributed by atoms with Crippen molar-refractivity contribution in [3.8, 4) is 0 Å². The second-order valence-electron chi connectivity index (χ2n) is 3.17. The average Bonchev–Trinajstić information content (AvgIpc) is 2.66. The van der Waals surface area contributed by atoms with Gasteiger partial charge in [-0.05, 0) is 24.1 Å². The number of hydrogen-bond donors (Lipinski definition) is 1. The molecule has 3 heteroatoms. The van der Waals surface area contributed by atoms with Crippen molar-refractivity contribution >= 4 is 15.9 Å². The van der Waals surface area contributed by atoms with Crippen LogP contribution in [-0.2, 0) is 0 Å². The SMILES string of the molecule is N[C@@H]1C[C@H]1c1ccc(Br)cc1F. The van der Waals surface area contributed by atoms with Gasteiger partial charge in [0.15, 0.2) is 0 Å². The van der Waals surface area contributed by atoms with Gasteiger partial charge in [0.2, 0.25) is 0 Å². The lowest BCUT2D eigenvalue weighted by atomic mass is 10.1. The Labute approximate surface area is 78.9 Å². The molecule has 0 radical (unpaired) electrons. The summed E-state index contributed by atoms with van der Waals surface area (Å²) in [4.78, 5) is 0. The van der Waals surface area contributed by atoms with Crippen LogP contribution in [0.25, 0.3) is 0 Å². The van der Waals surface area contributed by atoms with E-state index in [0.717, 1.165) is 16.5 Å². The molecule has 1 aromatic rings. The fourth-order valence-corrected chi connectivity index (χ4v) is 1.71. The minimum Gasteiger partial charge on any atom is -0.327 e. The lowest BCUT2D eigenvalue weighted by Crippen LogP contribution is -2.02. The number of rotatable bonds is 1. The van der Waals surface area contributed by atoms with E-state index < -0.39 is 0 Å². The maximum Gasteiger partial charge on any atom is 0.127 e. The second kappa shape index (κ2) is 2.82. The van der Waals surface area contributed by atoms with Gasteiger partial charge >= 0.3 is 0 Å². The van der Waals surface area contributed by atoms with Crippen molar-refractivity contribution in [3.05, 3.63) is 34.1 Å². The molecule has 1 fully saturated rings. The highest BCUT2D eigenvalue weighted by atomic mass is 79.9. The van der Waals surface area contributed by atoms with Gasteiger partial charge in [-0.2, -0.15) is 0 Å². The molecule has 0 saturated heterocycles. The van der Waals surface area contributed by atoms with Crippen molar-refractivity contribution in [1.29, 1.82) is 0 Å². The minimum absolute atomic E-state index is 0.151. The highest BCUT2D eigenvalue weighted by Crippen LogP contribution is 2.40. The molecule has 1 aliphatic carbocycles. The van der Waals surface area contributed by atoms with E-state index in [1.807, 2.05) is 6.07 Å². The summed E-state index contributed by atoms with van der Waals surface area (Å²) in [6.45, 7) is 0. The molecule has 0 unspecified atom stereocenters. The zero-order valence-corrected chi connectivity index (χ0v) is 8.01. The van der Waals surface area contributed by atoms with Crippen LogP contribution in [0.1, 0.15) is 17.9 Å². The summed E-state index contributed by atoms with van der Waals surface area (Å²) >= 11 is 3.21. The zero-order valence-electron chi connectivity index (χ0n) is 6.43. The monoisotopic (exact) mass is 229 g/mol. The van der Waals surface area contributed by atoms with Crippen LogP contribution in [0.2, 0.25) is 0 Å². The molecule has 0 spiro atoms. The van der Waals surface area contributed by atoms with Crippen molar-refractivity contribution in [1.82, 2.24) is 0 Å². The van der Waals surface area contributed by atoms with Crippen LogP contribution in [0.5, 0.6) is 0 Å². The third-order valence-electron chi connectivity index (χ3n) is 2.20. The molecule has 1 nitrogen and oxygen atoms in total. The fraction of sp³-hybridized carbons (Fsp3) is 0.333. The summed E-state index contributed by atoms with van der Waals surface area (Å²) in [5, 5.41) is 0. The summed E-state index contributed by atoms with van der Waals surface area (Å²) < 4.78 is 14.0. The Kier molecular flexibility index (Phi) is 1.93. The van der Waals surface area contributed by atoms with Crippen LogP contribution < -0.4 is 5.73 Å². The predicted octanol–water partition coefficient (Wildman–Crippen LogP) is 2.40. The van der Waals surface area contributed by atoms with E-state index in [4.69, 9.17) is 5.73 Å². The molecule has 64 valence electrons. The molecular weight excluding hydrogens is 221 g/mol. The number of hydrogen-bond acceptors (Lipinski definition) is 1. The Balaban J connectivity index is 2.33. The van der Waals surface area contributed by atoms with E-state index in [2.05, 4.69) is 15.9 Å². The zero-order chi connectivity index (χ0) is 8.72. The Morgan fingerprint density at radius 3 is 2.67 bits per heavy atom. The molecule has 1 aromatic carbocycles. The molecule has 2 atom stereocenters. The number of nitrogens with two attached hydrogens (primary N) is 1. The Morgan fingerprint density at radius 2 is 2.17 bits per heavy atom. The number of benzene rings is 1. The van der Waals surface area contributed by atoms with Crippen molar-refractivity contribution in [2.24, 2.45) is 5.73 Å². The number of halogens is 2. The first-order valence-electron chi connectivity index (χ1n) is 3.89. The first kappa shape index (κ1) is 8.20. The quantitative estimate of drug-likeness (QED) is 0.787. The maximum atomic E-state index is 13.2. The first-order valence-corrected chi connectivity index (χ1v) is 4.68. The van der Waals surface area contributed by atoms with Crippen LogP contribution >= 0.6 is 15.9 Å². The van der Waals surface area contributed by atoms with E-state index in [-0.39, 0.29) is 17.8 Å². The predicted molar refractivity (Wildman–Crippen MR) is 49.4 cm³/mol. The van der Waals surface area contributed by atoms with Gasteiger partial charge in [0.05, 0.1) is 0 Å². The van der Waals surface area contributed by atoms with Crippen LogP contribution in [0.15, 0.2) is 22.7 Å². The van der Waals surface area contributed by atoms with Gasteiger partial charge in [-0.1, -0.05) is 22.0 Å². The van der Waals surface area contributed by atoms with Gasteiger partial charge in [-0.25, -0.2) is 4.39 Å². The highest BCUT2D eigenvalue weighted by molar-refractivity contribution is 9.10. The van der Waals surface area contributed by atoms with Gasteiger partial charge in [0, 0.05) is 16.4 Å². The summed E-state index contributed by atoms with van der Waals surface area (Å²) in [6, 6.07) is 5.31. The topological polar surface area (TPSA) is 26.0 Å². The fourth-order valence-electron chi connectivity index (χ4n) is 1.37. The molecule has 1 aliphatic rings. The summed E-state index contributed by atoms with van der Waals surface area (Å²) in [5.41, 5.74) is 6.38. The van der Waals surface area contributed by atoms with Crippen LogP contribution in [0.3, 0.4) is 0 Å². The third kappa shape index (κ3) is 1.39. The van der Waals surface area contributed by atoms with Crippen molar-refractivity contribution in [3.63, 3.8) is 0 Å². The van der Waals surface area contributed by atoms with Gasteiger partial charge in [0.25, 0.3) is 0 Å². The van der Waals surface area contributed by atoms with Gasteiger partial charge < -0.3 is 5.73 Å². The van der Waals surface area contributed by atoms with Gasteiger partial charge in [0.1, 0.15) is 5.82 Å². The summed E-state index contributed by atoms with van der Waals surface area (Å²) in [5.74, 6) is 0.0976. The molecule has 12 heavy (non-hydrogen) atoms. The largest absolute Gasteiger partial charge is 0.327 e. The highest BCUT2D eigenvalue weighted by Gasteiger charge is 2.36. The molecule has 0 amide bonds. The average molecular weight is 230 g/mol. The molecule has 0 heterocycles. The molecule has 1 saturated carbocycles. The Bertz CT molecular complexity index is 313. The maximum absolute atomic E-state index is 13.2.